The minimum Gasteiger partial charge on any atom is -0.309 e. The molecule has 0 saturated heterocycles. The number of aryl methyl sites for hydroxylation is 1. The third-order valence-electron chi connectivity index (χ3n) is 5.11. The van der Waals surface area contributed by atoms with Gasteiger partial charge in [-0.25, -0.2) is 0 Å². The average Bonchev–Trinajstić information content (AvgIpc) is 3.02. The van der Waals surface area contributed by atoms with Crippen molar-refractivity contribution in [1.82, 2.24) is 4.57 Å². The van der Waals surface area contributed by atoms with E-state index in [1.165, 1.54) is 38.7 Å². The molecule has 1 nitrogen and oxygen atoms in total. The van der Waals surface area contributed by atoms with E-state index in [0.29, 0.717) is 0 Å². The van der Waals surface area contributed by atoms with Crippen molar-refractivity contribution in [2.75, 3.05) is 0 Å². The zero-order chi connectivity index (χ0) is 18.4. The molecule has 0 N–H and O–H groups in total. The standard InChI is InChI=1S/C25H18ClN/c1-17-11-13-20(18-7-3-2-4-8-18)24(15-17)27-23-10-6-5-9-21(23)22-14-12-19(26)16-25(22)27/h2-16H,1H3. The molecule has 0 radical (unpaired) electrons. The molecule has 0 fully saturated rings. The summed E-state index contributed by atoms with van der Waals surface area (Å²) in [4.78, 5) is 0. The number of halogens is 1. The topological polar surface area (TPSA) is 4.93 Å². The van der Waals surface area contributed by atoms with E-state index in [1.54, 1.807) is 0 Å². The number of para-hydroxylation sites is 1. The lowest BCUT2D eigenvalue weighted by molar-refractivity contribution is 1.17. The normalized spacial score (nSPS) is 11.3. The maximum atomic E-state index is 6.38. The zero-order valence-electron chi connectivity index (χ0n) is 15.0. The summed E-state index contributed by atoms with van der Waals surface area (Å²) in [6.45, 7) is 2.14. The summed E-state index contributed by atoms with van der Waals surface area (Å²) >= 11 is 6.38. The second-order valence-corrected chi connectivity index (χ2v) is 7.34. The summed E-state index contributed by atoms with van der Waals surface area (Å²) in [5.74, 6) is 0. The molecule has 130 valence electrons. The van der Waals surface area contributed by atoms with Crippen molar-refractivity contribution >= 4 is 33.4 Å². The summed E-state index contributed by atoms with van der Waals surface area (Å²) in [7, 11) is 0. The fraction of sp³-hybridized carbons (Fsp3) is 0.0400. The molecular formula is C25H18ClN. The van der Waals surface area contributed by atoms with Crippen LogP contribution in [0.3, 0.4) is 0 Å². The smallest absolute Gasteiger partial charge is 0.0556 e. The lowest BCUT2D eigenvalue weighted by Crippen LogP contribution is -1.98. The van der Waals surface area contributed by atoms with Crippen molar-refractivity contribution in [2.24, 2.45) is 0 Å². The highest BCUT2D eigenvalue weighted by Crippen LogP contribution is 2.37. The van der Waals surface area contributed by atoms with E-state index in [1.807, 2.05) is 6.07 Å². The summed E-state index contributed by atoms with van der Waals surface area (Å²) in [5, 5.41) is 3.21. The van der Waals surface area contributed by atoms with E-state index >= 15 is 0 Å². The first-order valence-corrected chi connectivity index (χ1v) is 9.45. The maximum Gasteiger partial charge on any atom is 0.0556 e. The molecule has 1 aromatic heterocycles. The first-order valence-electron chi connectivity index (χ1n) is 9.07. The Balaban J connectivity index is 1.94. The van der Waals surface area contributed by atoms with Crippen molar-refractivity contribution in [1.29, 1.82) is 0 Å². The molecule has 5 rings (SSSR count). The van der Waals surface area contributed by atoms with Gasteiger partial charge in [0.05, 0.1) is 16.7 Å². The molecule has 0 aliphatic carbocycles. The summed E-state index contributed by atoms with van der Waals surface area (Å²) in [6.07, 6.45) is 0. The average molecular weight is 368 g/mol. The molecule has 0 unspecified atom stereocenters. The van der Waals surface area contributed by atoms with Gasteiger partial charge < -0.3 is 4.57 Å². The number of benzene rings is 4. The fourth-order valence-corrected chi connectivity index (χ4v) is 4.06. The molecule has 5 aromatic rings. The maximum absolute atomic E-state index is 6.38. The van der Waals surface area contributed by atoms with E-state index in [9.17, 15) is 0 Å². The molecule has 0 spiro atoms. The van der Waals surface area contributed by atoms with Crippen LogP contribution in [0.25, 0.3) is 38.6 Å². The molecule has 0 aliphatic heterocycles. The largest absolute Gasteiger partial charge is 0.309 e. The molecular weight excluding hydrogens is 350 g/mol. The molecule has 0 bridgehead atoms. The highest BCUT2D eigenvalue weighted by atomic mass is 35.5. The van der Waals surface area contributed by atoms with Gasteiger partial charge in [-0.15, -0.1) is 0 Å². The van der Waals surface area contributed by atoms with Crippen molar-refractivity contribution in [3.8, 4) is 16.8 Å². The van der Waals surface area contributed by atoms with Gasteiger partial charge in [-0.05, 0) is 42.3 Å². The van der Waals surface area contributed by atoms with Gasteiger partial charge in [0.2, 0.25) is 0 Å². The van der Waals surface area contributed by atoms with Crippen LogP contribution >= 0.6 is 11.6 Å². The number of nitrogens with zero attached hydrogens (tertiary/aromatic N) is 1. The summed E-state index contributed by atoms with van der Waals surface area (Å²) < 4.78 is 2.34. The van der Waals surface area contributed by atoms with Crippen LogP contribution in [0.15, 0.2) is 91.0 Å². The number of rotatable bonds is 2. The highest BCUT2D eigenvalue weighted by Gasteiger charge is 2.15. The van der Waals surface area contributed by atoms with Crippen molar-refractivity contribution in [2.45, 2.75) is 6.92 Å². The summed E-state index contributed by atoms with van der Waals surface area (Å²) in [5.41, 5.74) is 7.15. The van der Waals surface area contributed by atoms with E-state index in [-0.39, 0.29) is 0 Å². The van der Waals surface area contributed by atoms with Crippen LogP contribution in [0.1, 0.15) is 5.56 Å². The zero-order valence-corrected chi connectivity index (χ0v) is 15.7. The molecule has 0 saturated carbocycles. The number of fused-ring (bicyclic) bond motifs is 3. The molecule has 1 heterocycles. The van der Waals surface area contributed by atoms with Crippen LogP contribution in [0.5, 0.6) is 0 Å². The Morgan fingerprint density at radius 2 is 1.41 bits per heavy atom. The van der Waals surface area contributed by atoms with Crippen LogP contribution in [-0.2, 0) is 0 Å². The molecule has 0 aliphatic rings. The number of hydrogen-bond donors (Lipinski definition) is 0. The van der Waals surface area contributed by atoms with Crippen molar-refractivity contribution in [3.05, 3.63) is 102 Å². The molecule has 0 atom stereocenters. The Bertz CT molecular complexity index is 1280. The van der Waals surface area contributed by atoms with Gasteiger partial charge in [0.15, 0.2) is 0 Å². The fourth-order valence-electron chi connectivity index (χ4n) is 3.89. The SMILES string of the molecule is Cc1ccc(-c2ccccc2)c(-n2c3ccccc3c3ccc(Cl)cc32)c1. The van der Waals surface area contributed by atoms with Crippen LogP contribution in [-0.4, -0.2) is 4.57 Å². The highest BCUT2D eigenvalue weighted by molar-refractivity contribution is 6.31. The van der Waals surface area contributed by atoms with Crippen molar-refractivity contribution < 1.29 is 0 Å². The minimum atomic E-state index is 0.750. The second kappa shape index (κ2) is 6.29. The van der Waals surface area contributed by atoms with Gasteiger partial charge in [-0.1, -0.05) is 78.3 Å². The number of aromatic nitrogens is 1. The Labute approximate surface area is 163 Å². The first-order chi connectivity index (χ1) is 13.2. The van der Waals surface area contributed by atoms with Gasteiger partial charge >= 0.3 is 0 Å². The van der Waals surface area contributed by atoms with Gasteiger partial charge in [0.25, 0.3) is 0 Å². The minimum absolute atomic E-state index is 0.750. The van der Waals surface area contributed by atoms with Crippen molar-refractivity contribution in [3.63, 3.8) is 0 Å². The number of hydrogen-bond acceptors (Lipinski definition) is 0. The van der Waals surface area contributed by atoms with Gasteiger partial charge in [-0.2, -0.15) is 0 Å². The van der Waals surface area contributed by atoms with E-state index in [4.69, 9.17) is 11.6 Å². The van der Waals surface area contributed by atoms with Gasteiger partial charge in [0, 0.05) is 21.4 Å². The van der Waals surface area contributed by atoms with E-state index in [2.05, 4.69) is 96.4 Å². The predicted molar refractivity (Wildman–Crippen MR) is 116 cm³/mol. The summed E-state index contributed by atoms with van der Waals surface area (Å²) in [6, 6.07) is 31.9. The quantitative estimate of drug-likeness (QED) is 0.306. The molecule has 4 aromatic carbocycles. The van der Waals surface area contributed by atoms with Gasteiger partial charge in [-0.3, -0.25) is 0 Å². The molecule has 2 heteroatoms. The predicted octanol–water partition coefficient (Wildman–Crippen LogP) is 7.41. The monoisotopic (exact) mass is 367 g/mol. The van der Waals surface area contributed by atoms with Crippen LogP contribution in [0.2, 0.25) is 5.02 Å². The lowest BCUT2D eigenvalue weighted by atomic mass is 10.0. The van der Waals surface area contributed by atoms with Crippen LogP contribution in [0, 0.1) is 6.92 Å². The van der Waals surface area contributed by atoms with E-state index < -0.39 is 0 Å². The third-order valence-corrected chi connectivity index (χ3v) is 5.35. The van der Waals surface area contributed by atoms with E-state index in [0.717, 1.165) is 10.5 Å². The Hall–Kier alpha value is -3.03. The first kappa shape index (κ1) is 16.2. The van der Waals surface area contributed by atoms with Crippen LogP contribution in [0.4, 0.5) is 0 Å². The lowest BCUT2D eigenvalue weighted by Gasteiger charge is -2.15. The molecule has 27 heavy (non-hydrogen) atoms. The third kappa shape index (κ3) is 2.63. The Morgan fingerprint density at radius 1 is 0.667 bits per heavy atom. The van der Waals surface area contributed by atoms with Crippen LogP contribution < -0.4 is 0 Å². The Kier molecular flexibility index (Phi) is 3.77. The Morgan fingerprint density at radius 3 is 2.26 bits per heavy atom. The second-order valence-electron chi connectivity index (χ2n) is 6.90. The van der Waals surface area contributed by atoms with Gasteiger partial charge in [0.1, 0.15) is 0 Å². The molecule has 0 amide bonds.